The van der Waals surface area contributed by atoms with Crippen molar-refractivity contribution in [3.05, 3.63) is 65.4 Å². The molecule has 0 amide bonds. The highest BCUT2D eigenvalue weighted by Crippen LogP contribution is 2.39. The van der Waals surface area contributed by atoms with Gasteiger partial charge in [-0.2, -0.15) is 9.37 Å². The van der Waals surface area contributed by atoms with Crippen molar-refractivity contribution in [1.82, 2.24) is 24.6 Å². The van der Waals surface area contributed by atoms with Gasteiger partial charge >= 0.3 is 12.1 Å². The van der Waals surface area contributed by atoms with Gasteiger partial charge in [-0.25, -0.2) is 14.2 Å². The Balaban J connectivity index is 1.48. The topological polar surface area (TPSA) is 194 Å². The van der Waals surface area contributed by atoms with E-state index in [-0.39, 0.29) is 34.7 Å². The number of carbonyl (C=O) groups excluding carboxylic acids is 1. The Kier molecular flexibility index (Phi) is 8.48. The highest BCUT2D eigenvalue weighted by atomic mass is 32.2. The number of hydrogen-bond donors (Lipinski definition) is 4. The summed E-state index contributed by atoms with van der Waals surface area (Å²) in [6, 6.07) is 7.75. The van der Waals surface area contributed by atoms with Crippen LogP contribution in [0.15, 0.2) is 57.6 Å². The van der Waals surface area contributed by atoms with Crippen molar-refractivity contribution >= 4 is 29.5 Å². The molecule has 0 unspecified atom stereocenters. The second-order valence-corrected chi connectivity index (χ2v) is 10.1. The van der Waals surface area contributed by atoms with Crippen LogP contribution >= 0.6 is 11.8 Å². The van der Waals surface area contributed by atoms with Crippen molar-refractivity contribution in [2.45, 2.75) is 17.0 Å². The Bertz CT molecular complexity index is 1800. The number of aromatic hydroxyl groups is 2. The van der Waals surface area contributed by atoms with Crippen LogP contribution in [0.1, 0.15) is 18.1 Å². The molecule has 1 aliphatic heterocycles. The molecule has 5 rings (SSSR count). The van der Waals surface area contributed by atoms with E-state index in [2.05, 4.69) is 20.1 Å². The number of aliphatic imine (C=N–C) groups is 1. The Hall–Kier alpha value is -5.45. The van der Waals surface area contributed by atoms with Gasteiger partial charge in [-0.3, -0.25) is 10.4 Å². The van der Waals surface area contributed by atoms with Gasteiger partial charge in [-0.1, -0.05) is 0 Å². The van der Waals surface area contributed by atoms with Crippen LogP contribution in [0.5, 0.6) is 34.9 Å². The third kappa shape index (κ3) is 6.17. The summed E-state index contributed by atoms with van der Waals surface area (Å²) in [4.78, 5) is 26.3. The number of rotatable bonds is 9. The third-order valence-electron chi connectivity index (χ3n) is 6.06. The maximum Gasteiger partial charge on any atom is 0.439 e. The van der Waals surface area contributed by atoms with E-state index in [1.807, 2.05) is 4.90 Å². The summed E-state index contributed by atoms with van der Waals surface area (Å²) in [6.45, 7) is 2.74. The monoisotopic (exact) mass is 626 g/mol. The fourth-order valence-corrected chi connectivity index (χ4v) is 4.75. The number of nitrogen functional groups attached to an aromatic ring is 1. The number of nitrogens with two attached hydrogens (primary N) is 1. The molecule has 1 aliphatic rings. The first-order valence-electron chi connectivity index (χ1n) is 12.8. The van der Waals surface area contributed by atoms with E-state index in [1.54, 1.807) is 26.1 Å². The predicted octanol–water partition coefficient (Wildman–Crippen LogP) is 4.08. The number of halogens is 2. The lowest BCUT2D eigenvalue weighted by Crippen LogP contribution is -2.24. The number of likely N-dealkylation sites (N-methyl/N-ethyl adjacent to an activating group) is 1. The maximum atomic E-state index is 15.6. The molecule has 0 atom stereocenters. The SMILES string of the molecule is CCOC(=O)n1nc(Sc2ccc(Oc3c(F)cnc(Oc4cc(C(=N)N)ccc4O)c3F)c(C3=NCCN3C)c2)nc1O. The lowest BCUT2D eigenvalue weighted by atomic mass is 10.1. The number of carbonyl (C=O) groups is 1. The zero-order valence-electron chi connectivity index (χ0n) is 23.1. The molecule has 228 valence electrons. The first-order valence-corrected chi connectivity index (χ1v) is 13.7. The third-order valence-corrected chi connectivity index (χ3v) is 6.90. The number of aromatic nitrogens is 4. The number of amidine groups is 2. The van der Waals surface area contributed by atoms with E-state index >= 15 is 4.39 Å². The van der Waals surface area contributed by atoms with Crippen LogP contribution in [0, 0.1) is 17.0 Å². The molecular formula is C27H24F2N8O6S. The van der Waals surface area contributed by atoms with Gasteiger partial charge in [0.05, 0.1) is 24.9 Å². The molecule has 2 aromatic heterocycles. The number of nitrogens with one attached hydrogen (secondary N) is 1. The Labute approximate surface area is 252 Å². The van der Waals surface area contributed by atoms with Gasteiger partial charge in [-0.05, 0) is 55.1 Å². The summed E-state index contributed by atoms with van der Waals surface area (Å²) in [6.07, 6.45) is -0.206. The van der Waals surface area contributed by atoms with Crippen molar-refractivity contribution < 1.29 is 38.0 Å². The van der Waals surface area contributed by atoms with Crippen LogP contribution in [0.4, 0.5) is 13.6 Å². The maximum absolute atomic E-state index is 15.6. The molecule has 0 spiro atoms. The normalized spacial score (nSPS) is 12.6. The largest absolute Gasteiger partial charge is 0.504 e. The molecule has 0 saturated carbocycles. The second kappa shape index (κ2) is 12.4. The summed E-state index contributed by atoms with van der Waals surface area (Å²) >= 11 is 0.996. The molecule has 14 nitrogen and oxygen atoms in total. The van der Waals surface area contributed by atoms with Gasteiger partial charge in [-0.15, -0.1) is 9.78 Å². The molecule has 17 heteroatoms. The summed E-state index contributed by atoms with van der Waals surface area (Å²) in [5.41, 5.74) is 6.04. The van der Waals surface area contributed by atoms with E-state index in [1.165, 1.54) is 24.3 Å². The van der Waals surface area contributed by atoms with Crippen LogP contribution in [0.3, 0.4) is 0 Å². The first-order chi connectivity index (χ1) is 21.0. The number of phenols is 1. The highest BCUT2D eigenvalue weighted by Gasteiger charge is 2.25. The van der Waals surface area contributed by atoms with E-state index in [9.17, 15) is 19.4 Å². The predicted molar refractivity (Wildman–Crippen MR) is 152 cm³/mol. The van der Waals surface area contributed by atoms with Crippen LogP contribution < -0.4 is 15.2 Å². The van der Waals surface area contributed by atoms with Gasteiger partial charge in [0, 0.05) is 24.1 Å². The Morgan fingerprint density at radius 1 is 1.16 bits per heavy atom. The number of nitrogens with zero attached hydrogens (tertiary/aromatic N) is 6. The zero-order chi connectivity index (χ0) is 31.5. The van der Waals surface area contributed by atoms with E-state index in [0.717, 1.165) is 11.8 Å². The summed E-state index contributed by atoms with van der Waals surface area (Å²) in [5.74, 6) is -4.44. The van der Waals surface area contributed by atoms with Gasteiger partial charge in [0.2, 0.25) is 16.7 Å². The standard InChI is InChI=1S/C27H24F2N8O6S/c1-3-41-27(40)37-26(39)34-25(35-37)44-14-5-7-18(15(11-14)23-32-8-9-36(23)2)42-21-16(28)12-33-24(20(21)29)43-19-10-13(22(30)31)4-6-17(19)38/h4-7,10-12,38H,3,8-9H2,1-2H3,(H3,30,31)(H,34,35,39). The fraction of sp³-hybridized carbons (Fsp3) is 0.185. The van der Waals surface area contributed by atoms with Crippen molar-refractivity contribution in [2.75, 3.05) is 26.7 Å². The lowest BCUT2D eigenvalue weighted by Gasteiger charge is -2.19. The molecular weight excluding hydrogens is 602 g/mol. The number of ether oxygens (including phenoxy) is 3. The first kappa shape index (κ1) is 30.0. The van der Waals surface area contributed by atoms with Crippen LogP contribution in [-0.2, 0) is 4.74 Å². The molecule has 44 heavy (non-hydrogen) atoms. The molecule has 0 radical (unpaired) electrons. The van der Waals surface area contributed by atoms with Crippen molar-refractivity contribution in [3.8, 4) is 34.9 Å². The van der Waals surface area contributed by atoms with Crippen LogP contribution in [-0.4, -0.2) is 79.4 Å². The second-order valence-electron chi connectivity index (χ2n) is 9.05. The number of pyridine rings is 1. The smallest absolute Gasteiger partial charge is 0.439 e. The van der Waals surface area contributed by atoms with Crippen LogP contribution in [0.2, 0.25) is 0 Å². The van der Waals surface area contributed by atoms with Gasteiger partial charge in [0.15, 0.2) is 17.3 Å². The molecule has 4 aromatic rings. The molecule has 3 heterocycles. The minimum absolute atomic E-state index is 0.0296. The van der Waals surface area contributed by atoms with Gasteiger partial charge in [0.1, 0.15) is 17.4 Å². The zero-order valence-corrected chi connectivity index (χ0v) is 23.9. The summed E-state index contributed by atoms with van der Waals surface area (Å²) in [7, 11) is 1.79. The van der Waals surface area contributed by atoms with E-state index in [4.69, 9.17) is 25.4 Å². The van der Waals surface area contributed by atoms with Crippen molar-refractivity contribution in [1.29, 1.82) is 5.41 Å². The minimum Gasteiger partial charge on any atom is -0.504 e. The molecule has 0 saturated heterocycles. The quantitative estimate of drug-likeness (QED) is 0.154. The number of benzene rings is 2. The average molecular weight is 627 g/mol. The van der Waals surface area contributed by atoms with E-state index < -0.39 is 41.1 Å². The average Bonchev–Trinajstić information content (AvgIpc) is 3.58. The Morgan fingerprint density at radius 2 is 1.95 bits per heavy atom. The minimum atomic E-state index is -1.30. The summed E-state index contributed by atoms with van der Waals surface area (Å²) < 4.78 is 47.1. The Morgan fingerprint density at radius 3 is 2.66 bits per heavy atom. The fourth-order valence-electron chi connectivity index (χ4n) is 3.98. The molecule has 5 N–H and O–H groups in total. The van der Waals surface area contributed by atoms with Crippen molar-refractivity contribution in [2.24, 2.45) is 10.7 Å². The lowest BCUT2D eigenvalue weighted by molar-refractivity contribution is 0.147. The molecule has 2 aromatic carbocycles. The van der Waals surface area contributed by atoms with E-state index in [0.29, 0.717) is 40.3 Å². The summed E-state index contributed by atoms with van der Waals surface area (Å²) in [5, 5.41) is 31.7. The van der Waals surface area contributed by atoms with Crippen LogP contribution in [0.25, 0.3) is 0 Å². The molecule has 0 aliphatic carbocycles. The van der Waals surface area contributed by atoms with Crippen molar-refractivity contribution in [3.63, 3.8) is 0 Å². The molecule has 0 bridgehead atoms. The van der Waals surface area contributed by atoms with Gasteiger partial charge < -0.3 is 35.1 Å². The highest BCUT2D eigenvalue weighted by molar-refractivity contribution is 7.99. The van der Waals surface area contributed by atoms with Gasteiger partial charge in [0.25, 0.3) is 5.88 Å². The number of phenolic OH excluding ortho intramolecular Hbond substituents is 1. The molecule has 0 fully saturated rings. The number of hydrogen-bond acceptors (Lipinski definition) is 13.